The average Bonchev–Trinajstić information content (AvgIpc) is 3.46. The van der Waals surface area contributed by atoms with E-state index in [0.717, 1.165) is 16.8 Å². The lowest BCUT2D eigenvalue weighted by atomic mass is 10.1. The van der Waals surface area contributed by atoms with E-state index >= 15 is 0 Å². The van der Waals surface area contributed by atoms with Gasteiger partial charge in [-0.15, -0.1) is 21.5 Å². The highest BCUT2D eigenvalue weighted by Gasteiger charge is 2.17. The SMILES string of the molecule is Cc1c(Cl)cccc1-c1c[nH]c(=O)c2nnc(SCc3ccccc3-c3cccs3)n12. The van der Waals surface area contributed by atoms with E-state index in [0.29, 0.717) is 15.9 Å². The molecule has 0 saturated heterocycles. The predicted molar refractivity (Wildman–Crippen MR) is 128 cm³/mol. The molecule has 0 aliphatic carbocycles. The second-order valence-electron chi connectivity index (χ2n) is 6.98. The summed E-state index contributed by atoms with van der Waals surface area (Å²) in [6, 6.07) is 18.3. The van der Waals surface area contributed by atoms with E-state index in [1.807, 2.05) is 35.6 Å². The van der Waals surface area contributed by atoms with Gasteiger partial charge in [-0.2, -0.15) is 0 Å². The van der Waals surface area contributed by atoms with Crippen molar-refractivity contribution in [1.29, 1.82) is 0 Å². The van der Waals surface area contributed by atoms with Gasteiger partial charge < -0.3 is 4.98 Å². The highest BCUT2D eigenvalue weighted by atomic mass is 35.5. The quantitative estimate of drug-likeness (QED) is 0.321. The number of aromatic nitrogens is 4. The van der Waals surface area contributed by atoms with Crippen molar-refractivity contribution in [3.63, 3.8) is 0 Å². The van der Waals surface area contributed by atoms with E-state index in [4.69, 9.17) is 11.6 Å². The average molecular weight is 465 g/mol. The standard InChI is InChI=1S/C23H17ClN4OS2/c1-14-16(8-4-9-18(14)24)19-12-25-22(29)21-26-27-23(28(19)21)31-13-15-6-2-3-7-17(15)20-10-5-11-30-20/h2-12H,13H2,1H3,(H,25,29). The van der Waals surface area contributed by atoms with Gasteiger partial charge in [0, 0.05) is 27.4 Å². The maximum atomic E-state index is 12.4. The highest BCUT2D eigenvalue weighted by molar-refractivity contribution is 7.98. The number of rotatable bonds is 5. The van der Waals surface area contributed by atoms with Crippen LogP contribution in [0.3, 0.4) is 0 Å². The number of H-pyrrole nitrogens is 1. The molecule has 5 rings (SSSR count). The summed E-state index contributed by atoms with van der Waals surface area (Å²) in [6.07, 6.45) is 1.70. The lowest BCUT2D eigenvalue weighted by molar-refractivity contribution is 0.919. The van der Waals surface area contributed by atoms with Gasteiger partial charge in [-0.1, -0.05) is 65.8 Å². The van der Waals surface area contributed by atoms with Crippen molar-refractivity contribution in [2.24, 2.45) is 0 Å². The van der Waals surface area contributed by atoms with Crippen molar-refractivity contribution in [1.82, 2.24) is 19.6 Å². The Morgan fingerprint density at radius 1 is 1.06 bits per heavy atom. The Labute approximate surface area is 191 Å². The lowest BCUT2D eigenvalue weighted by Crippen LogP contribution is -2.11. The molecule has 0 radical (unpaired) electrons. The molecule has 0 amide bonds. The van der Waals surface area contributed by atoms with Crippen molar-refractivity contribution >= 4 is 40.3 Å². The molecule has 8 heteroatoms. The first kappa shape index (κ1) is 20.1. The molecule has 0 saturated carbocycles. The molecule has 0 bridgehead atoms. The molecular formula is C23H17ClN4OS2. The topological polar surface area (TPSA) is 63.0 Å². The molecule has 3 heterocycles. The second kappa shape index (κ2) is 8.34. The number of aromatic amines is 1. The molecule has 5 aromatic rings. The van der Waals surface area contributed by atoms with E-state index in [9.17, 15) is 4.79 Å². The van der Waals surface area contributed by atoms with E-state index in [2.05, 4.69) is 50.9 Å². The number of benzene rings is 2. The molecule has 0 aliphatic heterocycles. The molecule has 2 aromatic carbocycles. The molecule has 0 spiro atoms. The normalized spacial score (nSPS) is 11.3. The Morgan fingerprint density at radius 2 is 1.90 bits per heavy atom. The molecule has 3 aromatic heterocycles. The smallest absolute Gasteiger partial charge is 0.293 e. The van der Waals surface area contributed by atoms with Crippen molar-refractivity contribution < 1.29 is 0 Å². The van der Waals surface area contributed by atoms with Gasteiger partial charge in [-0.3, -0.25) is 9.20 Å². The number of nitrogens with zero attached hydrogens (tertiary/aromatic N) is 3. The highest BCUT2D eigenvalue weighted by Crippen LogP contribution is 2.34. The third kappa shape index (κ3) is 3.69. The number of thiophene rings is 1. The van der Waals surface area contributed by atoms with Gasteiger partial charge in [0.15, 0.2) is 5.16 Å². The second-order valence-corrected chi connectivity index (χ2v) is 9.28. The van der Waals surface area contributed by atoms with Gasteiger partial charge in [0.2, 0.25) is 5.65 Å². The number of hydrogen-bond donors (Lipinski definition) is 1. The van der Waals surface area contributed by atoms with Crippen molar-refractivity contribution in [3.05, 3.63) is 92.7 Å². The Bertz CT molecular complexity index is 1440. The van der Waals surface area contributed by atoms with Crippen LogP contribution in [0.25, 0.3) is 27.3 Å². The number of nitrogens with one attached hydrogen (secondary N) is 1. The minimum absolute atomic E-state index is 0.269. The van der Waals surface area contributed by atoms with Crippen LogP contribution in [0.5, 0.6) is 0 Å². The van der Waals surface area contributed by atoms with Crippen LogP contribution in [-0.2, 0) is 5.75 Å². The fourth-order valence-corrected chi connectivity index (χ4v) is 5.44. The number of halogens is 1. The molecule has 5 nitrogen and oxygen atoms in total. The zero-order valence-corrected chi connectivity index (χ0v) is 18.9. The van der Waals surface area contributed by atoms with Crippen LogP contribution in [0.2, 0.25) is 5.02 Å². The fourth-order valence-electron chi connectivity index (χ4n) is 3.53. The third-order valence-corrected chi connectivity index (χ3v) is 7.41. The summed E-state index contributed by atoms with van der Waals surface area (Å²) in [4.78, 5) is 16.4. The maximum Gasteiger partial charge on any atom is 0.293 e. The van der Waals surface area contributed by atoms with Crippen molar-refractivity contribution in [2.75, 3.05) is 0 Å². The molecule has 0 fully saturated rings. The van der Waals surface area contributed by atoms with Crippen LogP contribution in [0.4, 0.5) is 0 Å². The Kier molecular flexibility index (Phi) is 5.40. The molecule has 0 unspecified atom stereocenters. The Morgan fingerprint density at radius 3 is 2.74 bits per heavy atom. The van der Waals surface area contributed by atoms with Crippen LogP contribution < -0.4 is 5.56 Å². The van der Waals surface area contributed by atoms with Gasteiger partial charge in [0.25, 0.3) is 5.56 Å². The van der Waals surface area contributed by atoms with E-state index in [1.165, 1.54) is 16.0 Å². The summed E-state index contributed by atoms with van der Waals surface area (Å²) < 4.78 is 1.82. The first-order valence-corrected chi connectivity index (χ1v) is 11.8. The number of thioether (sulfide) groups is 1. The predicted octanol–water partition coefficient (Wildman–Crippen LogP) is 6.07. The van der Waals surface area contributed by atoms with Gasteiger partial charge in [-0.05, 0) is 41.1 Å². The Balaban J connectivity index is 1.58. The van der Waals surface area contributed by atoms with Gasteiger partial charge in [-0.25, -0.2) is 0 Å². The summed E-state index contributed by atoms with van der Waals surface area (Å²) >= 11 is 9.63. The summed E-state index contributed by atoms with van der Waals surface area (Å²) in [5.41, 5.74) is 5.07. The van der Waals surface area contributed by atoms with Crippen molar-refractivity contribution in [3.8, 4) is 21.7 Å². The lowest BCUT2D eigenvalue weighted by Gasteiger charge is -2.11. The van der Waals surface area contributed by atoms with Crippen LogP contribution in [-0.4, -0.2) is 19.6 Å². The van der Waals surface area contributed by atoms with Crippen LogP contribution in [0, 0.1) is 6.92 Å². The molecule has 1 N–H and O–H groups in total. The molecule has 31 heavy (non-hydrogen) atoms. The summed E-state index contributed by atoms with van der Waals surface area (Å²) in [7, 11) is 0. The van der Waals surface area contributed by atoms with E-state index in [1.54, 1.807) is 29.3 Å². The molecule has 0 atom stereocenters. The zero-order valence-electron chi connectivity index (χ0n) is 16.5. The van der Waals surface area contributed by atoms with Crippen LogP contribution >= 0.6 is 34.7 Å². The first-order chi connectivity index (χ1) is 15.1. The summed E-state index contributed by atoms with van der Waals surface area (Å²) in [5.74, 6) is 0.704. The molecule has 154 valence electrons. The maximum absolute atomic E-state index is 12.4. The first-order valence-electron chi connectivity index (χ1n) is 9.60. The van der Waals surface area contributed by atoms with Gasteiger partial charge in [0.05, 0.1) is 5.69 Å². The summed E-state index contributed by atoms with van der Waals surface area (Å²) in [6.45, 7) is 1.96. The molecular weight excluding hydrogens is 448 g/mol. The van der Waals surface area contributed by atoms with Crippen LogP contribution in [0.1, 0.15) is 11.1 Å². The van der Waals surface area contributed by atoms with Crippen LogP contribution in [0.15, 0.2) is 76.1 Å². The minimum atomic E-state index is -0.276. The molecule has 0 aliphatic rings. The summed E-state index contributed by atoms with van der Waals surface area (Å²) in [5, 5.41) is 11.9. The van der Waals surface area contributed by atoms with Gasteiger partial charge in [0.1, 0.15) is 0 Å². The van der Waals surface area contributed by atoms with Crippen molar-refractivity contribution in [2.45, 2.75) is 17.8 Å². The van der Waals surface area contributed by atoms with Gasteiger partial charge >= 0.3 is 0 Å². The third-order valence-electron chi connectivity index (χ3n) is 5.12. The minimum Gasteiger partial charge on any atom is -0.324 e. The number of fused-ring (bicyclic) bond motifs is 1. The fraction of sp³-hybridized carbons (Fsp3) is 0.0870. The number of hydrogen-bond acceptors (Lipinski definition) is 5. The van der Waals surface area contributed by atoms with E-state index in [-0.39, 0.29) is 11.2 Å². The Hall–Kier alpha value is -2.87. The monoisotopic (exact) mass is 464 g/mol. The van der Waals surface area contributed by atoms with E-state index < -0.39 is 0 Å². The zero-order chi connectivity index (χ0) is 21.4. The largest absolute Gasteiger partial charge is 0.324 e.